The summed E-state index contributed by atoms with van der Waals surface area (Å²) in [6.07, 6.45) is 1.73. The molecule has 0 radical (unpaired) electrons. The molecule has 1 aromatic heterocycles. The SMILES string of the molecule is O=S(=O)(c1ccccc1)N1CC[NH+](Cn2ncn(-c3ccccc3)c2=S)CC1. The molecule has 3 aromatic rings. The van der Waals surface area contributed by atoms with E-state index in [1.807, 2.05) is 41.0 Å². The monoisotopic (exact) mass is 416 g/mol. The largest absolute Gasteiger partial charge is 0.314 e. The summed E-state index contributed by atoms with van der Waals surface area (Å²) < 4.78 is 31.4. The van der Waals surface area contributed by atoms with Gasteiger partial charge in [0.1, 0.15) is 6.33 Å². The zero-order valence-electron chi connectivity index (χ0n) is 15.3. The molecule has 0 saturated carbocycles. The Morgan fingerprint density at radius 2 is 1.57 bits per heavy atom. The van der Waals surface area contributed by atoms with E-state index in [0.29, 0.717) is 42.5 Å². The number of para-hydroxylation sites is 1. The quantitative estimate of drug-likeness (QED) is 0.629. The summed E-state index contributed by atoms with van der Waals surface area (Å²) in [5, 5.41) is 4.42. The van der Waals surface area contributed by atoms with Gasteiger partial charge in [-0.05, 0) is 36.5 Å². The Bertz CT molecular complexity index is 1090. The van der Waals surface area contributed by atoms with Gasteiger partial charge in [0.2, 0.25) is 14.8 Å². The van der Waals surface area contributed by atoms with Crippen LogP contribution < -0.4 is 4.90 Å². The van der Waals surface area contributed by atoms with Gasteiger partial charge in [0, 0.05) is 5.69 Å². The fourth-order valence-electron chi connectivity index (χ4n) is 3.37. The van der Waals surface area contributed by atoms with E-state index in [-0.39, 0.29) is 0 Å². The van der Waals surface area contributed by atoms with Gasteiger partial charge in [-0.2, -0.15) is 14.1 Å². The molecule has 1 aliphatic heterocycles. The van der Waals surface area contributed by atoms with E-state index in [0.717, 1.165) is 5.69 Å². The maximum Gasteiger partial charge on any atom is 0.243 e. The molecular formula is C19H22N5O2S2+. The van der Waals surface area contributed by atoms with E-state index in [2.05, 4.69) is 5.10 Å². The summed E-state index contributed by atoms with van der Waals surface area (Å²) in [4.78, 5) is 1.61. The number of sulfonamides is 1. The molecule has 0 bridgehead atoms. The molecule has 7 nitrogen and oxygen atoms in total. The topological polar surface area (TPSA) is 64.6 Å². The average Bonchev–Trinajstić information content (AvgIpc) is 3.10. The molecule has 1 fully saturated rings. The fraction of sp³-hybridized carbons (Fsp3) is 0.263. The average molecular weight is 417 g/mol. The fourth-order valence-corrected chi connectivity index (χ4v) is 5.09. The van der Waals surface area contributed by atoms with Gasteiger partial charge in [0.15, 0.2) is 6.67 Å². The van der Waals surface area contributed by atoms with E-state index < -0.39 is 10.0 Å². The van der Waals surface area contributed by atoms with E-state index in [4.69, 9.17) is 12.2 Å². The molecule has 146 valence electrons. The Kier molecular flexibility index (Phi) is 5.40. The van der Waals surface area contributed by atoms with Crippen LogP contribution in [0.2, 0.25) is 0 Å². The minimum Gasteiger partial charge on any atom is -0.314 e. The summed E-state index contributed by atoms with van der Waals surface area (Å²) in [5.41, 5.74) is 0.979. The molecule has 0 amide bonds. The van der Waals surface area contributed by atoms with E-state index >= 15 is 0 Å². The number of piperazine rings is 1. The molecule has 1 saturated heterocycles. The van der Waals surface area contributed by atoms with Crippen molar-refractivity contribution in [3.63, 3.8) is 0 Å². The summed E-state index contributed by atoms with van der Waals surface area (Å²) in [7, 11) is -3.43. The van der Waals surface area contributed by atoms with Crippen LogP contribution in [0.3, 0.4) is 0 Å². The Morgan fingerprint density at radius 1 is 0.964 bits per heavy atom. The first-order valence-corrected chi connectivity index (χ1v) is 11.0. The molecule has 2 heterocycles. The van der Waals surface area contributed by atoms with Gasteiger partial charge in [-0.15, -0.1) is 0 Å². The Morgan fingerprint density at radius 3 is 2.21 bits per heavy atom. The zero-order chi connectivity index (χ0) is 19.6. The van der Waals surface area contributed by atoms with Crippen LogP contribution in [0, 0.1) is 4.77 Å². The minimum absolute atomic E-state index is 0.349. The van der Waals surface area contributed by atoms with Crippen molar-refractivity contribution in [3.05, 3.63) is 71.8 Å². The maximum absolute atomic E-state index is 12.7. The van der Waals surface area contributed by atoms with Gasteiger partial charge >= 0.3 is 0 Å². The van der Waals surface area contributed by atoms with E-state index in [1.165, 1.54) is 4.90 Å². The molecule has 9 heteroatoms. The second-order valence-electron chi connectivity index (χ2n) is 6.74. The lowest BCUT2D eigenvalue weighted by Crippen LogP contribution is -3.14. The summed E-state index contributed by atoms with van der Waals surface area (Å²) in [6.45, 7) is 3.02. The highest BCUT2D eigenvalue weighted by Gasteiger charge is 2.30. The Hall–Kier alpha value is -2.33. The molecule has 0 aliphatic carbocycles. The zero-order valence-corrected chi connectivity index (χ0v) is 16.9. The second kappa shape index (κ2) is 7.96. The van der Waals surface area contributed by atoms with Gasteiger partial charge < -0.3 is 4.90 Å². The smallest absolute Gasteiger partial charge is 0.243 e. The number of hydrogen-bond donors (Lipinski definition) is 1. The van der Waals surface area contributed by atoms with Crippen LogP contribution in [0.5, 0.6) is 0 Å². The third-order valence-corrected chi connectivity index (χ3v) is 7.27. The highest BCUT2D eigenvalue weighted by Crippen LogP contribution is 2.14. The third-order valence-electron chi connectivity index (χ3n) is 4.95. The van der Waals surface area contributed by atoms with Crippen LogP contribution in [-0.2, 0) is 16.7 Å². The van der Waals surface area contributed by atoms with Crippen LogP contribution in [0.4, 0.5) is 0 Å². The van der Waals surface area contributed by atoms with Crippen molar-refractivity contribution >= 4 is 22.2 Å². The standard InChI is InChI=1S/C19H21N5O2S2/c25-28(26,18-9-5-2-6-10-18)22-13-11-21(12-14-22)16-24-19(27)23(15-20-24)17-7-3-1-4-8-17/h1-10,15H,11-14,16H2/p+1. The predicted octanol–water partition coefficient (Wildman–Crippen LogP) is 0.950. The molecule has 4 rings (SSSR count). The number of quaternary nitrogens is 1. The van der Waals surface area contributed by atoms with Crippen molar-refractivity contribution < 1.29 is 13.3 Å². The van der Waals surface area contributed by atoms with E-state index in [9.17, 15) is 8.42 Å². The molecule has 0 atom stereocenters. The summed E-state index contributed by atoms with van der Waals surface area (Å²) in [5.74, 6) is 0. The van der Waals surface area contributed by atoms with Gasteiger partial charge in [-0.3, -0.25) is 4.57 Å². The van der Waals surface area contributed by atoms with Crippen molar-refractivity contribution in [3.8, 4) is 5.69 Å². The van der Waals surface area contributed by atoms with Gasteiger partial charge in [0.25, 0.3) is 0 Å². The number of hydrogen-bond acceptors (Lipinski definition) is 4. The highest BCUT2D eigenvalue weighted by molar-refractivity contribution is 7.89. The Labute approximate surface area is 169 Å². The lowest BCUT2D eigenvalue weighted by Gasteiger charge is -2.31. The van der Waals surface area contributed by atoms with Crippen molar-refractivity contribution in [2.24, 2.45) is 0 Å². The first-order chi connectivity index (χ1) is 13.6. The molecule has 0 unspecified atom stereocenters. The lowest BCUT2D eigenvalue weighted by atomic mass is 10.3. The number of nitrogens with one attached hydrogen (secondary N) is 1. The van der Waals surface area contributed by atoms with Gasteiger partial charge in [-0.25, -0.2) is 8.42 Å². The number of benzene rings is 2. The molecular weight excluding hydrogens is 394 g/mol. The second-order valence-corrected chi connectivity index (χ2v) is 9.05. The summed E-state index contributed by atoms with van der Waals surface area (Å²) >= 11 is 5.57. The van der Waals surface area contributed by atoms with Gasteiger partial charge in [-0.1, -0.05) is 36.4 Å². The first kappa shape index (κ1) is 19.0. The van der Waals surface area contributed by atoms with Crippen molar-refractivity contribution in [1.29, 1.82) is 0 Å². The molecule has 28 heavy (non-hydrogen) atoms. The maximum atomic E-state index is 12.7. The van der Waals surface area contributed by atoms with Crippen LogP contribution in [-0.4, -0.2) is 53.2 Å². The van der Waals surface area contributed by atoms with Crippen LogP contribution >= 0.6 is 12.2 Å². The van der Waals surface area contributed by atoms with Gasteiger partial charge in [0.05, 0.1) is 31.1 Å². The van der Waals surface area contributed by atoms with Crippen LogP contribution in [0.1, 0.15) is 0 Å². The highest BCUT2D eigenvalue weighted by atomic mass is 32.2. The Balaban J connectivity index is 1.42. The number of nitrogens with zero attached hydrogens (tertiary/aromatic N) is 4. The third kappa shape index (κ3) is 3.79. The lowest BCUT2D eigenvalue weighted by molar-refractivity contribution is -0.926. The van der Waals surface area contributed by atoms with E-state index in [1.54, 1.807) is 39.6 Å². The molecule has 1 aliphatic rings. The molecule has 2 aromatic carbocycles. The molecule has 1 N–H and O–H groups in total. The molecule has 0 spiro atoms. The van der Waals surface area contributed by atoms with Crippen molar-refractivity contribution in [1.82, 2.24) is 18.7 Å². The first-order valence-electron chi connectivity index (χ1n) is 9.14. The predicted molar refractivity (Wildman–Crippen MR) is 108 cm³/mol. The summed E-state index contributed by atoms with van der Waals surface area (Å²) in [6, 6.07) is 18.5. The van der Waals surface area contributed by atoms with Crippen LogP contribution in [0.25, 0.3) is 5.69 Å². The normalized spacial score (nSPS) is 16.3. The van der Waals surface area contributed by atoms with Crippen LogP contribution in [0.15, 0.2) is 71.9 Å². The number of rotatable bonds is 5. The van der Waals surface area contributed by atoms with Crippen molar-refractivity contribution in [2.45, 2.75) is 11.6 Å². The van der Waals surface area contributed by atoms with Crippen molar-refractivity contribution in [2.75, 3.05) is 26.2 Å². The number of aromatic nitrogens is 3. The minimum atomic E-state index is -3.43.